The Morgan fingerprint density at radius 1 is 1.23 bits per heavy atom. The molecule has 0 fully saturated rings. The molecule has 8 heteroatoms. The smallest absolute Gasteiger partial charge is 0.334 e. The Morgan fingerprint density at radius 2 is 1.86 bits per heavy atom. The lowest BCUT2D eigenvalue weighted by Crippen LogP contribution is -2.39. The summed E-state index contributed by atoms with van der Waals surface area (Å²) in [6.45, 7) is 0.0385. The second-order valence-corrected chi connectivity index (χ2v) is 5.30. The van der Waals surface area contributed by atoms with E-state index in [2.05, 4.69) is 31.3 Å². The molecule has 0 spiro atoms. The highest BCUT2D eigenvalue weighted by Gasteiger charge is 2.17. The zero-order chi connectivity index (χ0) is 16.5. The third-order valence-electron chi connectivity index (χ3n) is 2.79. The summed E-state index contributed by atoms with van der Waals surface area (Å²) in [4.78, 5) is 34.0. The minimum absolute atomic E-state index is 0.0539. The number of nitrogens with one attached hydrogen (secondary N) is 2. The van der Waals surface area contributed by atoms with Crippen molar-refractivity contribution in [3.63, 3.8) is 0 Å². The molecule has 0 saturated heterocycles. The van der Waals surface area contributed by atoms with Crippen molar-refractivity contribution in [3.05, 3.63) is 34.3 Å². The van der Waals surface area contributed by atoms with Crippen LogP contribution in [0.5, 0.6) is 0 Å². The molecule has 1 aromatic rings. The predicted molar refractivity (Wildman–Crippen MR) is 82.5 cm³/mol. The van der Waals surface area contributed by atoms with Crippen LogP contribution >= 0.6 is 15.9 Å². The third-order valence-corrected chi connectivity index (χ3v) is 3.32. The van der Waals surface area contributed by atoms with E-state index in [4.69, 9.17) is 5.11 Å². The van der Waals surface area contributed by atoms with Gasteiger partial charge in [-0.2, -0.15) is 0 Å². The van der Waals surface area contributed by atoms with Gasteiger partial charge in [-0.15, -0.1) is 0 Å². The van der Waals surface area contributed by atoms with Crippen LogP contribution in [0.3, 0.4) is 0 Å². The van der Waals surface area contributed by atoms with Gasteiger partial charge in [-0.05, 0) is 24.3 Å². The second kappa shape index (κ2) is 9.16. The maximum atomic E-state index is 11.8. The molecule has 0 aliphatic rings. The number of amides is 2. The summed E-state index contributed by atoms with van der Waals surface area (Å²) in [6.07, 6.45) is -1.03. The second-order valence-electron chi connectivity index (χ2n) is 4.38. The van der Waals surface area contributed by atoms with Gasteiger partial charge in [-0.1, -0.05) is 15.9 Å². The number of carboxylic acid groups (broad SMARTS) is 1. The fourth-order valence-electron chi connectivity index (χ4n) is 1.56. The first-order valence-electron chi connectivity index (χ1n) is 6.50. The zero-order valence-electron chi connectivity index (χ0n) is 12.0. The number of carboxylic acids is 1. The van der Waals surface area contributed by atoms with E-state index in [1.165, 1.54) is 7.11 Å². The van der Waals surface area contributed by atoms with Crippen molar-refractivity contribution in [2.45, 2.75) is 12.5 Å². The van der Waals surface area contributed by atoms with Gasteiger partial charge in [0.05, 0.1) is 6.54 Å². The molecule has 1 aromatic carbocycles. The molecule has 1 unspecified atom stereocenters. The van der Waals surface area contributed by atoms with E-state index in [0.717, 1.165) is 4.47 Å². The lowest BCUT2D eigenvalue weighted by atomic mass is 10.2. The van der Waals surface area contributed by atoms with Crippen LogP contribution in [0.25, 0.3) is 0 Å². The van der Waals surface area contributed by atoms with E-state index in [-0.39, 0.29) is 31.3 Å². The van der Waals surface area contributed by atoms with Crippen LogP contribution in [0.1, 0.15) is 16.8 Å². The monoisotopic (exact) mass is 372 g/mol. The molecule has 0 aliphatic heterocycles. The van der Waals surface area contributed by atoms with Gasteiger partial charge in [0.1, 0.15) is 0 Å². The maximum absolute atomic E-state index is 11.8. The third kappa shape index (κ3) is 6.23. The number of methoxy groups -OCH3 is 1. The molecular formula is C14H17BrN2O5. The first-order valence-corrected chi connectivity index (χ1v) is 7.29. The molecule has 0 bridgehead atoms. The molecule has 0 aliphatic carbocycles. The quantitative estimate of drug-likeness (QED) is 0.625. The first-order chi connectivity index (χ1) is 10.4. The molecule has 22 heavy (non-hydrogen) atoms. The van der Waals surface area contributed by atoms with Gasteiger partial charge < -0.3 is 20.5 Å². The lowest BCUT2D eigenvalue weighted by Gasteiger charge is -2.11. The van der Waals surface area contributed by atoms with E-state index in [0.29, 0.717) is 5.56 Å². The molecule has 7 nitrogen and oxygen atoms in total. The highest BCUT2D eigenvalue weighted by molar-refractivity contribution is 9.10. The van der Waals surface area contributed by atoms with Crippen molar-refractivity contribution in [2.75, 3.05) is 20.2 Å². The van der Waals surface area contributed by atoms with Crippen molar-refractivity contribution >= 4 is 33.7 Å². The number of hydrogen-bond donors (Lipinski definition) is 3. The zero-order valence-corrected chi connectivity index (χ0v) is 13.6. The van der Waals surface area contributed by atoms with E-state index in [1.807, 2.05) is 0 Å². The van der Waals surface area contributed by atoms with Crippen LogP contribution < -0.4 is 10.6 Å². The average Bonchev–Trinajstić information content (AvgIpc) is 2.48. The van der Waals surface area contributed by atoms with Gasteiger partial charge in [0.25, 0.3) is 5.91 Å². The average molecular weight is 373 g/mol. The number of ether oxygens (including phenoxy) is 1. The molecule has 3 N–H and O–H groups in total. The van der Waals surface area contributed by atoms with Gasteiger partial charge >= 0.3 is 5.97 Å². The van der Waals surface area contributed by atoms with Crippen LogP contribution in [0.15, 0.2) is 28.7 Å². The summed E-state index contributed by atoms with van der Waals surface area (Å²) in [5.41, 5.74) is 0.494. The van der Waals surface area contributed by atoms with Gasteiger partial charge in [-0.25, -0.2) is 4.79 Å². The molecule has 0 heterocycles. The summed E-state index contributed by atoms with van der Waals surface area (Å²) in [5.74, 6) is -1.79. The first kappa shape index (κ1) is 18.1. The molecule has 0 saturated carbocycles. The highest BCUT2D eigenvalue weighted by Crippen LogP contribution is 2.10. The van der Waals surface area contributed by atoms with Gasteiger partial charge in [0.15, 0.2) is 6.10 Å². The minimum atomic E-state index is -1.15. The molecular weight excluding hydrogens is 356 g/mol. The van der Waals surface area contributed by atoms with E-state index >= 15 is 0 Å². The molecule has 0 radical (unpaired) electrons. The predicted octanol–water partition coefficient (Wildman–Crippen LogP) is 0.785. The van der Waals surface area contributed by atoms with Crippen LogP contribution in [0.2, 0.25) is 0 Å². The van der Waals surface area contributed by atoms with Crippen molar-refractivity contribution < 1.29 is 24.2 Å². The van der Waals surface area contributed by atoms with E-state index < -0.39 is 12.1 Å². The Kier molecular flexibility index (Phi) is 7.55. The largest absolute Gasteiger partial charge is 0.479 e. The molecule has 0 aromatic heterocycles. The Labute approximate surface area is 136 Å². The fraction of sp³-hybridized carbons (Fsp3) is 0.357. The van der Waals surface area contributed by atoms with Crippen LogP contribution in [0, 0.1) is 0 Å². The van der Waals surface area contributed by atoms with Gasteiger partial charge in [-0.3, -0.25) is 9.59 Å². The number of aliphatic carboxylic acids is 1. The van der Waals surface area contributed by atoms with Crippen LogP contribution in [0.4, 0.5) is 0 Å². The Morgan fingerprint density at radius 3 is 2.41 bits per heavy atom. The van der Waals surface area contributed by atoms with Gasteiger partial charge in [0.2, 0.25) is 5.91 Å². The summed E-state index contributed by atoms with van der Waals surface area (Å²) in [7, 11) is 1.25. The summed E-state index contributed by atoms with van der Waals surface area (Å²) < 4.78 is 5.55. The number of rotatable bonds is 8. The normalized spacial score (nSPS) is 11.5. The summed E-state index contributed by atoms with van der Waals surface area (Å²) >= 11 is 3.27. The molecule has 1 atom stereocenters. The van der Waals surface area contributed by atoms with Crippen molar-refractivity contribution in [3.8, 4) is 0 Å². The highest BCUT2D eigenvalue weighted by atomic mass is 79.9. The fourth-order valence-corrected chi connectivity index (χ4v) is 1.82. The van der Waals surface area contributed by atoms with Crippen molar-refractivity contribution in [1.29, 1.82) is 0 Å². The van der Waals surface area contributed by atoms with Crippen LogP contribution in [-0.2, 0) is 14.3 Å². The number of carbonyl (C=O) groups excluding carboxylic acids is 2. The molecule has 1 rings (SSSR count). The standard InChI is InChI=1S/C14H17BrN2O5/c1-22-11(14(20)21)8-17-12(18)6-7-16-13(19)9-2-4-10(15)5-3-9/h2-5,11H,6-8H2,1H3,(H,16,19)(H,17,18)(H,20,21). The van der Waals surface area contributed by atoms with Crippen molar-refractivity contribution in [2.24, 2.45) is 0 Å². The maximum Gasteiger partial charge on any atom is 0.334 e. The number of carbonyl (C=O) groups is 3. The number of halogens is 1. The lowest BCUT2D eigenvalue weighted by molar-refractivity contribution is -0.148. The number of benzene rings is 1. The van der Waals surface area contributed by atoms with Crippen molar-refractivity contribution in [1.82, 2.24) is 10.6 Å². The SMILES string of the molecule is COC(CNC(=O)CCNC(=O)c1ccc(Br)cc1)C(=O)O. The Bertz CT molecular complexity index is 533. The molecule has 120 valence electrons. The van der Waals surface area contributed by atoms with Crippen LogP contribution in [-0.4, -0.2) is 49.2 Å². The Hall–Kier alpha value is -1.93. The summed E-state index contributed by atoms with van der Waals surface area (Å²) in [6, 6.07) is 6.82. The topological polar surface area (TPSA) is 105 Å². The number of hydrogen-bond acceptors (Lipinski definition) is 4. The Balaban J connectivity index is 2.28. The summed E-state index contributed by atoms with van der Waals surface area (Å²) in [5, 5.41) is 13.8. The van der Waals surface area contributed by atoms with Gasteiger partial charge in [0, 0.05) is 30.1 Å². The van der Waals surface area contributed by atoms with E-state index in [1.54, 1.807) is 24.3 Å². The molecule has 2 amide bonds. The minimum Gasteiger partial charge on any atom is -0.479 e. The van der Waals surface area contributed by atoms with E-state index in [9.17, 15) is 14.4 Å².